The minimum Gasteiger partial charge on any atom is -0.426 e. The van der Waals surface area contributed by atoms with Crippen molar-refractivity contribution in [3.8, 4) is 5.75 Å². The van der Waals surface area contributed by atoms with Gasteiger partial charge in [0.05, 0.1) is 6.42 Å². The predicted molar refractivity (Wildman–Crippen MR) is 124 cm³/mol. The summed E-state index contributed by atoms with van der Waals surface area (Å²) >= 11 is 0. The average Bonchev–Trinajstić information content (AvgIpc) is 2.76. The molecule has 0 atom stereocenters. The first-order chi connectivity index (χ1) is 14.7. The van der Waals surface area contributed by atoms with Crippen molar-refractivity contribution in [2.75, 3.05) is 0 Å². The molecule has 0 aliphatic carbocycles. The van der Waals surface area contributed by atoms with Gasteiger partial charge in [0, 0.05) is 27.9 Å². The number of ether oxygens (including phenoxy) is 1. The third kappa shape index (κ3) is 4.74. The van der Waals surface area contributed by atoms with Gasteiger partial charge in [-0.2, -0.15) is 0 Å². The Labute approximate surface area is 195 Å². The molecule has 0 amide bonds. The van der Waals surface area contributed by atoms with Gasteiger partial charge in [0.2, 0.25) is 0 Å². The van der Waals surface area contributed by atoms with Crippen LogP contribution in [-0.4, -0.2) is 5.97 Å². The van der Waals surface area contributed by atoms with Crippen molar-refractivity contribution in [2.45, 2.75) is 12.8 Å². The second-order valence-electron chi connectivity index (χ2n) is 7.27. The summed E-state index contributed by atoms with van der Waals surface area (Å²) in [5.74, 6) is 0.600. The Hall–Kier alpha value is -3.43. The van der Waals surface area contributed by atoms with E-state index in [4.69, 9.17) is 9.15 Å². The first kappa shape index (κ1) is 23.2. The summed E-state index contributed by atoms with van der Waals surface area (Å²) in [6, 6.07) is 27.3. The van der Waals surface area contributed by atoms with Gasteiger partial charge in [-0.15, -0.1) is 0 Å². The summed E-state index contributed by atoms with van der Waals surface area (Å²) in [5, 5.41) is 5.51. The zero-order chi connectivity index (χ0) is 20.5. The van der Waals surface area contributed by atoms with E-state index in [1.54, 1.807) is 6.07 Å². The van der Waals surface area contributed by atoms with Crippen LogP contribution in [0.1, 0.15) is 12.0 Å². The molecule has 164 valence electrons. The summed E-state index contributed by atoms with van der Waals surface area (Å²) in [6.07, 6.45) is 1.28. The van der Waals surface area contributed by atoms with Gasteiger partial charge in [-0.1, -0.05) is 48.5 Å². The van der Waals surface area contributed by atoms with Crippen molar-refractivity contribution in [2.24, 2.45) is 0 Å². The molecule has 0 radical (unpaired) electrons. The topological polar surface area (TPSA) is 56.5 Å². The first-order valence-corrected chi connectivity index (χ1v) is 9.81. The van der Waals surface area contributed by atoms with Crippen molar-refractivity contribution >= 4 is 38.5 Å². The minimum absolute atomic E-state index is 0. The van der Waals surface area contributed by atoms with Gasteiger partial charge < -0.3 is 16.6 Å². The van der Waals surface area contributed by atoms with Crippen LogP contribution in [0.2, 0.25) is 0 Å². The summed E-state index contributed by atoms with van der Waals surface area (Å²) in [6.45, 7) is 0. The number of fused-ring (bicyclic) bond motifs is 4. The molecule has 1 aliphatic heterocycles. The van der Waals surface area contributed by atoms with Gasteiger partial charge in [0.25, 0.3) is 0 Å². The molecule has 4 aromatic carbocycles. The van der Waals surface area contributed by atoms with E-state index in [0.29, 0.717) is 12.0 Å². The Kier molecular flexibility index (Phi) is 7.12. The van der Waals surface area contributed by atoms with Crippen molar-refractivity contribution < 1.29 is 30.4 Å². The second-order valence-corrected chi connectivity index (χ2v) is 7.27. The standard InChI is InChI=1S/C13H10O2.C13H8O2.CH3.Ni/c2*14-13-6-5-11-7-9-3-1-2-4-10(9)8-12(11)15-13;;/h1-4,7-8H,5-6H2;1-8H;1H3;/q;;-1;. The van der Waals surface area contributed by atoms with E-state index in [1.807, 2.05) is 60.7 Å². The van der Waals surface area contributed by atoms with Crippen LogP contribution < -0.4 is 10.4 Å². The number of esters is 1. The van der Waals surface area contributed by atoms with Crippen LogP contribution in [0.5, 0.6) is 5.75 Å². The molecule has 6 rings (SSSR count). The van der Waals surface area contributed by atoms with Crippen LogP contribution >= 0.6 is 0 Å². The van der Waals surface area contributed by atoms with Gasteiger partial charge in [-0.05, 0) is 63.9 Å². The van der Waals surface area contributed by atoms with E-state index in [1.165, 1.54) is 11.5 Å². The maximum atomic E-state index is 11.1. The molecule has 0 saturated heterocycles. The monoisotopic (exact) mass is 467 g/mol. The number of rotatable bonds is 0. The molecular weight excluding hydrogens is 447 g/mol. The fourth-order valence-electron chi connectivity index (χ4n) is 3.72. The van der Waals surface area contributed by atoms with Gasteiger partial charge in [-0.3, -0.25) is 4.79 Å². The molecule has 4 nitrogen and oxygen atoms in total. The van der Waals surface area contributed by atoms with Crippen molar-refractivity contribution in [3.63, 3.8) is 0 Å². The van der Waals surface area contributed by atoms with Crippen molar-refractivity contribution in [1.29, 1.82) is 0 Å². The Morgan fingerprint density at radius 3 is 1.91 bits per heavy atom. The Morgan fingerprint density at radius 1 is 0.625 bits per heavy atom. The summed E-state index contributed by atoms with van der Waals surface area (Å²) < 4.78 is 10.3. The number of benzene rings is 4. The van der Waals surface area contributed by atoms with E-state index >= 15 is 0 Å². The molecule has 32 heavy (non-hydrogen) atoms. The number of carbonyl (C=O) groups excluding carboxylic acids is 1. The zero-order valence-electron chi connectivity index (χ0n) is 17.4. The van der Waals surface area contributed by atoms with E-state index in [2.05, 4.69) is 12.1 Å². The minimum atomic E-state index is -0.308. The molecule has 0 fully saturated rings. The zero-order valence-corrected chi connectivity index (χ0v) is 18.4. The van der Waals surface area contributed by atoms with Crippen molar-refractivity contribution in [3.05, 3.63) is 108 Å². The first-order valence-electron chi connectivity index (χ1n) is 9.81. The molecule has 5 heteroatoms. The fourth-order valence-corrected chi connectivity index (χ4v) is 3.72. The molecule has 2 heterocycles. The van der Waals surface area contributed by atoms with Crippen LogP contribution in [0.15, 0.2) is 94.1 Å². The molecule has 5 aromatic rings. The van der Waals surface area contributed by atoms with E-state index in [0.717, 1.165) is 39.3 Å². The van der Waals surface area contributed by atoms with Crippen LogP contribution in [0.25, 0.3) is 32.5 Å². The summed E-state index contributed by atoms with van der Waals surface area (Å²) in [5.41, 5.74) is 1.47. The van der Waals surface area contributed by atoms with Gasteiger partial charge >= 0.3 is 11.6 Å². The fraction of sp³-hybridized carbons (Fsp3) is 0.0741. The normalized spacial score (nSPS) is 12.1. The second kappa shape index (κ2) is 9.80. The molecule has 1 aromatic heterocycles. The Bertz CT molecular complexity index is 1470. The number of hydrogen-bond acceptors (Lipinski definition) is 4. The summed E-state index contributed by atoms with van der Waals surface area (Å²) in [4.78, 5) is 22.2. The van der Waals surface area contributed by atoms with Crippen LogP contribution in [0, 0.1) is 7.43 Å². The third-order valence-electron chi connectivity index (χ3n) is 5.24. The molecule has 1 aliphatic rings. The van der Waals surface area contributed by atoms with Crippen LogP contribution in [-0.2, 0) is 27.7 Å². The van der Waals surface area contributed by atoms with E-state index < -0.39 is 0 Å². The molecule has 0 N–H and O–H groups in total. The van der Waals surface area contributed by atoms with E-state index in [-0.39, 0.29) is 35.5 Å². The smallest absolute Gasteiger partial charge is 0.336 e. The number of hydrogen-bond donors (Lipinski definition) is 0. The van der Waals surface area contributed by atoms with Gasteiger partial charge in [0.15, 0.2) is 0 Å². The molecule has 0 spiro atoms. The van der Waals surface area contributed by atoms with Gasteiger partial charge in [0.1, 0.15) is 11.3 Å². The third-order valence-corrected chi connectivity index (χ3v) is 5.24. The van der Waals surface area contributed by atoms with Crippen LogP contribution in [0.3, 0.4) is 0 Å². The Morgan fingerprint density at radius 2 is 1.22 bits per heavy atom. The number of carbonyl (C=O) groups is 1. The molecular formula is C27H21NiO4-. The van der Waals surface area contributed by atoms with Crippen LogP contribution in [0.4, 0.5) is 0 Å². The van der Waals surface area contributed by atoms with Gasteiger partial charge in [-0.25, -0.2) is 4.79 Å². The molecule has 0 unspecified atom stereocenters. The largest absolute Gasteiger partial charge is 0.426 e. The molecule has 0 bridgehead atoms. The summed E-state index contributed by atoms with van der Waals surface area (Å²) in [7, 11) is 0. The van der Waals surface area contributed by atoms with E-state index in [9.17, 15) is 9.59 Å². The maximum absolute atomic E-state index is 11.1. The molecule has 0 saturated carbocycles. The maximum Gasteiger partial charge on any atom is 0.336 e. The van der Waals surface area contributed by atoms with Crippen molar-refractivity contribution in [1.82, 2.24) is 0 Å². The Balaban J connectivity index is 0.000000170. The quantitative estimate of drug-likeness (QED) is 0.0690. The SMILES string of the molecule is O=C1CCc2cc3ccccc3cc2O1.O=c1ccc2cc3ccccc3cc2o1.[CH3-].[Ni]. The predicted octanol–water partition coefficient (Wildman–Crippen LogP) is 6.09. The average molecular weight is 468 g/mol. The number of aryl methyl sites for hydroxylation is 1.